The third-order valence-corrected chi connectivity index (χ3v) is 6.70. The van der Waals surface area contributed by atoms with Crippen molar-refractivity contribution < 1.29 is 14.3 Å². The molecule has 0 spiro atoms. The van der Waals surface area contributed by atoms with E-state index in [0.717, 1.165) is 16.9 Å². The Balaban J connectivity index is 1.32. The Morgan fingerprint density at radius 3 is 2.42 bits per heavy atom. The molecule has 1 saturated heterocycles. The fourth-order valence-electron chi connectivity index (χ4n) is 4.30. The number of nitrogens with zero attached hydrogens (tertiary/aromatic N) is 6. The largest absolute Gasteiger partial charge is 0.461 e. The SMILES string of the molecule is CCOC(=O)c1cc(-c2ccc(N3CCN(C(=O)c4cc(Cl)cnc4Cl)CC3)cc2)n(-c2ccccn2)n1. The van der Waals surface area contributed by atoms with Gasteiger partial charge in [-0.25, -0.2) is 19.4 Å². The van der Waals surface area contributed by atoms with Crippen molar-refractivity contribution in [2.24, 2.45) is 0 Å². The number of ether oxygens (including phenoxy) is 1. The molecule has 4 aromatic rings. The molecule has 1 fully saturated rings. The molecule has 1 amide bonds. The van der Waals surface area contributed by atoms with Crippen molar-refractivity contribution in [2.45, 2.75) is 6.92 Å². The first kappa shape index (κ1) is 25.7. The van der Waals surface area contributed by atoms with Crippen LogP contribution in [0.4, 0.5) is 5.69 Å². The summed E-state index contributed by atoms with van der Waals surface area (Å²) in [7, 11) is 0. The van der Waals surface area contributed by atoms with Crippen molar-refractivity contribution in [1.82, 2.24) is 24.6 Å². The molecule has 3 aromatic heterocycles. The predicted molar refractivity (Wildman–Crippen MR) is 145 cm³/mol. The molecule has 9 nitrogen and oxygen atoms in total. The van der Waals surface area contributed by atoms with Crippen molar-refractivity contribution >= 4 is 40.8 Å². The Labute approximate surface area is 229 Å². The standard InChI is InChI=1S/C27H24Cl2N6O3/c1-2-38-27(37)22-16-23(35(32-22)24-5-3-4-10-30-24)18-6-8-20(9-7-18)33-11-13-34(14-12-33)26(36)21-15-19(28)17-31-25(21)29/h3-10,15-17H,2,11-14H2,1H3. The number of benzene rings is 1. The number of carbonyl (C=O) groups is 2. The van der Waals surface area contributed by atoms with Gasteiger partial charge in [-0.15, -0.1) is 0 Å². The minimum absolute atomic E-state index is 0.147. The summed E-state index contributed by atoms with van der Waals surface area (Å²) < 4.78 is 6.79. The highest BCUT2D eigenvalue weighted by molar-refractivity contribution is 6.34. The average Bonchev–Trinajstić information content (AvgIpc) is 3.41. The maximum atomic E-state index is 12.9. The lowest BCUT2D eigenvalue weighted by Crippen LogP contribution is -2.48. The number of amides is 1. The molecule has 4 heterocycles. The smallest absolute Gasteiger partial charge is 0.358 e. The van der Waals surface area contributed by atoms with Crippen LogP contribution < -0.4 is 4.90 Å². The second kappa shape index (κ2) is 11.2. The molecule has 1 aromatic carbocycles. The van der Waals surface area contributed by atoms with E-state index in [4.69, 9.17) is 27.9 Å². The van der Waals surface area contributed by atoms with Crippen molar-refractivity contribution in [3.8, 4) is 17.1 Å². The predicted octanol–water partition coefficient (Wildman–Crippen LogP) is 4.78. The molecule has 5 rings (SSSR count). The van der Waals surface area contributed by atoms with E-state index in [-0.39, 0.29) is 23.4 Å². The minimum atomic E-state index is -0.484. The van der Waals surface area contributed by atoms with Crippen molar-refractivity contribution in [3.63, 3.8) is 0 Å². The summed E-state index contributed by atoms with van der Waals surface area (Å²) in [4.78, 5) is 37.6. The number of carbonyl (C=O) groups excluding carboxylic acids is 2. The van der Waals surface area contributed by atoms with Crippen LogP contribution in [0.15, 0.2) is 67.0 Å². The first-order chi connectivity index (χ1) is 18.4. The van der Waals surface area contributed by atoms with Crippen LogP contribution in [-0.2, 0) is 4.74 Å². The Kier molecular flexibility index (Phi) is 7.57. The average molecular weight is 551 g/mol. The second-order valence-electron chi connectivity index (χ2n) is 8.55. The summed E-state index contributed by atoms with van der Waals surface area (Å²) >= 11 is 12.1. The monoisotopic (exact) mass is 550 g/mol. The van der Waals surface area contributed by atoms with E-state index >= 15 is 0 Å². The van der Waals surface area contributed by atoms with Gasteiger partial charge >= 0.3 is 5.97 Å². The second-order valence-corrected chi connectivity index (χ2v) is 9.35. The number of anilines is 1. The molecule has 194 valence electrons. The molecular weight excluding hydrogens is 527 g/mol. The van der Waals surface area contributed by atoms with Gasteiger partial charge in [0.05, 0.1) is 22.9 Å². The number of hydrogen-bond donors (Lipinski definition) is 0. The summed E-state index contributed by atoms with van der Waals surface area (Å²) in [6.45, 7) is 4.43. The van der Waals surface area contributed by atoms with Crippen LogP contribution >= 0.6 is 23.2 Å². The zero-order valence-electron chi connectivity index (χ0n) is 20.6. The van der Waals surface area contributed by atoms with Crippen LogP contribution in [0.1, 0.15) is 27.8 Å². The summed E-state index contributed by atoms with van der Waals surface area (Å²) in [6.07, 6.45) is 3.10. The van der Waals surface area contributed by atoms with Gasteiger partial charge in [-0.3, -0.25) is 4.79 Å². The van der Waals surface area contributed by atoms with Crippen LogP contribution in [0.5, 0.6) is 0 Å². The normalized spacial score (nSPS) is 13.4. The zero-order chi connectivity index (χ0) is 26.6. The highest BCUT2D eigenvalue weighted by atomic mass is 35.5. The molecule has 11 heteroatoms. The minimum Gasteiger partial charge on any atom is -0.461 e. The van der Waals surface area contributed by atoms with Gasteiger partial charge in [-0.05, 0) is 43.3 Å². The number of hydrogen-bond acceptors (Lipinski definition) is 7. The molecule has 0 saturated carbocycles. The molecular formula is C27H24Cl2N6O3. The number of aromatic nitrogens is 4. The molecule has 0 atom stereocenters. The van der Waals surface area contributed by atoms with Gasteiger partial charge in [0, 0.05) is 49.8 Å². The van der Waals surface area contributed by atoms with Gasteiger partial charge < -0.3 is 14.5 Å². The topological polar surface area (TPSA) is 93.5 Å². The summed E-state index contributed by atoms with van der Waals surface area (Å²) in [6, 6.07) is 16.8. The molecule has 0 unspecified atom stereocenters. The molecule has 1 aliphatic rings. The highest BCUT2D eigenvalue weighted by Gasteiger charge is 2.25. The molecule has 0 N–H and O–H groups in total. The quantitative estimate of drug-likeness (QED) is 0.252. The fourth-order valence-corrected chi connectivity index (χ4v) is 4.64. The van der Waals surface area contributed by atoms with Crippen molar-refractivity contribution in [1.29, 1.82) is 0 Å². The van der Waals surface area contributed by atoms with E-state index in [2.05, 4.69) is 20.0 Å². The zero-order valence-corrected chi connectivity index (χ0v) is 22.1. The Morgan fingerprint density at radius 2 is 1.74 bits per heavy atom. The number of piperazine rings is 1. The maximum Gasteiger partial charge on any atom is 0.358 e. The Hall–Kier alpha value is -3.95. The first-order valence-electron chi connectivity index (χ1n) is 12.1. The van der Waals surface area contributed by atoms with Gasteiger partial charge in [-0.2, -0.15) is 5.10 Å². The summed E-state index contributed by atoms with van der Waals surface area (Å²) in [5, 5.41) is 4.98. The lowest BCUT2D eigenvalue weighted by atomic mass is 10.1. The molecule has 38 heavy (non-hydrogen) atoms. The molecule has 0 radical (unpaired) electrons. The summed E-state index contributed by atoms with van der Waals surface area (Å²) in [5.74, 6) is -0.0691. The van der Waals surface area contributed by atoms with Crippen LogP contribution in [0.25, 0.3) is 17.1 Å². The van der Waals surface area contributed by atoms with Crippen molar-refractivity contribution in [3.05, 3.63) is 88.4 Å². The third-order valence-electron chi connectivity index (χ3n) is 6.19. The molecule has 0 aliphatic carbocycles. The Bertz CT molecular complexity index is 1450. The lowest BCUT2D eigenvalue weighted by Gasteiger charge is -2.36. The first-order valence-corrected chi connectivity index (χ1v) is 12.8. The van der Waals surface area contributed by atoms with E-state index in [1.165, 1.54) is 6.20 Å². The third kappa shape index (κ3) is 5.34. The van der Waals surface area contributed by atoms with E-state index < -0.39 is 5.97 Å². The number of pyridine rings is 2. The van der Waals surface area contributed by atoms with E-state index in [0.29, 0.717) is 42.6 Å². The van der Waals surface area contributed by atoms with Crippen LogP contribution in [0.2, 0.25) is 10.2 Å². The summed E-state index contributed by atoms with van der Waals surface area (Å²) in [5.41, 5.74) is 3.15. The highest BCUT2D eigenvalue weighted by Crippen LogP contribution is 2.27. The molecule has 1 aliphatic heterocycles. The van der Waals surface area contributed by atoms with E-state index in [1.807, 2.05) is 42.5 Å². The van der Waals surface area contributed by atoms with Crippen LogP contribution in [-0.4, -0.2) is 69.3 Å². The van der Waals surface area contributed by atoms with Gasteiger partial charge in [-0.1, -0.05) is 41.4 Å². The van der Waals surface area contributed by atoms with Gasteiger partial charge in [0.25, 0.3) is 5.91 Å². The van der Waals surface area contributed by atoms with Crippen LogP contribution in [0, 0.1) is 0 Å². The number of halogens is 2. The van der Waals surface area contributed by atoms with E-state index in [1.54, 1.807) is 34.8 Å². The van der Waals surface area contributed by atoms with Crippen LogP contribution in [0.3, 0.4) is 0 Å². The van der Waals surface area contributed by atoms with Gasteiger partial charge in [0.15, 0.2) is 11.5 Å². The molecule has 0 bridgehead atoms. The van der Waals surface area contributed by atoms with Gasteiger partial charge in [0.1, 0.15) is 5.15 Å². The maximum absolute atomic E-state index is 12.9. The van der Waals surface area contributed by atoms with Gasteiger partial charge in [0.2, 0.25) is 0 Å². The van der Waals surface area contributed by atoms with E-state index in [9.17, 15) is 9.59 Å². The number of rotatable bonds is 6. The lowest BCUT2D eigenvalue weighted by molar-refractivity contribution is 0.0518. The Morgan fingerprint density at radius 1 is 0.974 bits per heavy atom. The van der Waals surface area contributed by atoms with Crippen molar-refractivity contribution in [2.75, 3.05) is 37.7 Å². The fraction of sp³-hybridized carbons (Fsp3) is 0.222. The number of esters is 1.